The summed E-state index contributed by atoms with van der Waals surface area (Å²) in [5.74, 6) is -1.07. The van der Waals surface area contributed by atoms with Crippen molar-refractivity contribution in [3.05, 3.63) is 33.5 Å². The van der Waals surface area contributed by atoms with E-state index < -0.39 is 5.97 Å². The zero-order valence-electron chi connectivity index (χ0n) is 6.74. The molecule has 14 heavy (non-hydrogen) atoms. The third-order valence-electron chi connectivity index (χ3n) is 1.74. The van der Waals surface area contributed by atoms with Gasteiger partial charge in [0.1, 0.15) is 0 Å². The van der Waals surface area contributed by atoms with Crippen LogP contribution in [-0.2, 0) is 0 Å². The molecule has 0 aliphatic rings. The minimum Gasteiger partial charge on any atom is -0.476 e. The van der Waals surface area contributed by atoms with Crippen LogP contribution in [0.15, 0.2) is 22.8 Å². The van der Waals surface area contributed by atoms with Crippen molar-refractivity contribution in [1.29, 1.82) is 0 Å². The largest absolute Gasteiger partial charge is 0.476 e. The first kappa shape index (κ1) is 9.48. The van der Waals surface area contributed by atoms with E-state index in [0.29, 0.717) is 15.0 Å². The van der Waals surface area contributed by atoms with Crippen LogP contribution in [0.4, 0.5) is 0 Å². The Morgan fingerprint density at radius 1 is 1.64 bits per heavy atom. The van der Waals surface area contributed by atoms with Gasteiger partial charge in [-0.15, -0.1) is 0 Å². The van der Waals surface area contributed by atoms with Crippen molar-refractivity contribution < 1.29 is 9.90 Å². The third-order valence-corrected chi connectivity index (χ3v) is 2.76. The molecule has 2 aromatic rings. The fourth-order valence-corrected chi connectivity index (χ4v) is 1.83. The Morgan fingerprint density at radius 2 is 2.36 bits per heavy atom. The van der Waals surface area contributed by atoms with Gasteiger partial charge in [-0.25, -0.2) is 9.31 Å². The number of carboxylic acids is 1. The molecule has 0 radical (unpaired) electrons. The first-order chi connectivity index (χ1) is 6.59. The predicted octanol–water partition coefficient (Wildman–Crippen LogP) is 2.45. The summed E-state index contributed by atoms with van der Waals surface area (Å²) in [7, 11) is 0. The van der Waals surface area contributed by atoms with Crippen LogP contribution >= 0.6 is 27.5 Å². The highest BCUT2D eigenvalue weighted by atomic mass is 79.9. The Labute approximate surface area is 92.2 Å². The van der Waals surface area contributed by atoms with E-state index in [0.717, 1.165) is 0 Å². The minimum atomic E-state index is -1.07. The van der Waals surface area contributed by atoms with Gasteiger partial charge in [-0.1, -0.05) is 11.6 Å². The molecule has 0 unspecified atom stereocenters. The zero-order chi connectivity index (χ0) is 10.3. The quantitative estimate of drug-likeness (QED) is 0.870. The van der Waals surface area contributed by atoms with Gasteiger partial charge in [0.25, 0.3) is 0 Å². The van der Waals surface area contributed by atoms with E-state index in [-0.39, 0.29) is 5.69 Å². The molecule has 0 aromatic carbocycles. The molecule has 0 saturated carbocycles. The standard InChI is InChI=1S/C8H4BrClN2O2/c9-6-5-3-4(10)1-2-12(5)11-7(6)8(13)14/h1-3H,(H,13,14). The zero-order valence-corrected chi connectivity index (χ0v) is 9.08. The number of halogens is 2. The molecule has 2 aromatic heterocycles. The van der Waals surface area contributed by atoms with Crippen molar-refractivity contribution in [2.24, 2.45) is 0 Å². The van der Waals surface area contributed by atoms with Crippen LogP contribution in [-0.4, -0.2) is 20.7 Å². The van der Waals surface area contributed by atoms with Gasteiger partial charge in [0, 0.05) is 11.2 Å². The molecule has 0 saturated heterocycles. The second-order valence-corrected chi connectivity index (χ2v) is 3.87. The highest BCUT2D eigenvalue weighted by Crippen LogP contribution is 2.24. The van der Waals surface area contributed by atoms with E-state index in [4.69, 9.17) is 16.7 Å². The van der Waals surface area contributed by atoms with Gasteiger partial charge >= 0.3 is 5.97 Å². The molecule has 0 atom stereocenters. The summed E-state index contributed by atoms with van der Waals surface area (Å²) < 4.78 is 1.90. The summed E-state index contributed by atoms with van der Waals surface area (Å²) in [5, 5.41) is 13.2. The highest BCUT2D eigenvalue weighted by molar-refractivity contribution is 9.10. The molecule has 2 heterocycles. The minimum absolute atomic E-state index is 0.0210. The highest BCUT2D eigenvalue weighted by Gasteiger charge is 2.16. The summed E-state index contributed by atoms with van der Waals surface area (Å²) in [6, 6.07) is 3.28. The second-order valence-electron chi connectivity index (χ2n) is 2.64. The molecule has 0 spiro atoms. The second kappa shape index (κ2) is 3.25. The van der Waals surface area contributed by atoms with Gasteiger partial charge in [-0.2, -0.15) is 5.10 Å². The molecule has 1 N–H and O–H groups in total. The Kier molecular flexibility index (Phi) is 2.20. The van der Waals surface area contributed by atoms with Crippen LogP contribution in [0.25, 0.3) is 5.52 Å². The number of aromatic carboxylic acids is 1. The van der Waals surface area contributed by atoms with Gasteiger partial charge in [-0.3, -0.25) is 0 Å². The van der Waals surface area contributed by atoms with E-state index in [1.807, 2.05) is 0 Å². The lowest BCUT2D eigenvalue weighted by molar-refractivity contribution is 0.0689. The van der Waals surface area contributed by atoms with Gasteiger partial charge < -0.3 is 5.11 Å². The van der Waals surface area contributed by atoms with E-state index in [2.05, 4.69) is 21.0 Å². The van der Waals surface area contributed by atoms with Crippen LogP contribution in [0.2, 0.25) is 5.02 Å². The molecule has 2 rings (SSSR count). The number of hydrogen-bond donors (Lipinski definition) is 1. The number of hydrogen-bond acceptors (Lipinski definition) is 2. The molecular formula is C8H4BrClN2O2. The maximum Gasteiger partial charge on any atom is 0.357 e. The molecule has 72 valence electrons. The number of rotatable bonds is 1. The lowest BCUT2D eigenvalue weighted by atomic mass is 10.3. The normalized spacial score (nSPS) is 10.7. The maximum atomic E-state index is 10.7. The molecule has 0 amide bonds. The van der Waals surface area contributed by atoms with Crippen molar-refractivity contribution in [2.75, 3.05) is 0 Å². The van der Waals surface area contributed by atoms with Gasteiger partial charge in [0.05, 0.1) is 9.99 Å². The molecule has 4 nitrogen and oxygen atoms in total. The van der Waals surface area contributed by atoms with E-state index in [1.165, 1.54) is 4.52 Å². The fourth-order valence-electron chi connectivity index (χ4n) is 1.13. The number of aromatic nitrogens is 2. The van der Waals surface area contributed by atoms with Gasteiger partial charge in [0.15, 0.2) is 5.69 Å². The summed E-state index contributed by atoms with van der Waals surface area (Å²) in [5.41, 5.74) is 0.613. The topological polar surface area (TPSA) is 54.6 Å². The Hall–Kier alpha value is -1.07. The molecule has 0 bridgehead atoms. The van der Waals surface area contributed by atoms with Crippen LogP contribution in [0.3, 0.4) is 0 Å². The fraction of sp³-hybridized carbons (Fsp3) is 0. The van der Waals surface area contributed by atoms with Crippen LogP contribution in [0, 0.1) is 0 Å². The number of carboxylic acid groups (broad SMARTS) is 1. The summed E-state index contributed by atoms with van der Waals surface area (Å²) >= 11 is 8.93. The smallest absolute Gasteiger partial charge is 0.357 e. The van der Waals surface area contributed by atoms with Crippen molar-refractivity contribution in [2.45, 2.75) is 0 Å². The molecule has 0 aliphatic heterocycles. The van der Waals surface area contributed by atoms with Crippen molar-refractivity contribution in [3.8, 4) is 0 Å². The average molecular weight is 275 g/mol. The Bertz CT molecular complexity index is 523. The molecular weight excluding hydrogens is 271 g/mol. The van der Waals surface area contributed by atoms with Crippen molar-refractivity contribution >= 4 is 39.0 Å². The first-order valence-electron chi connectivity index (χ1n) is 3.66. The number of fused-ring (bicyclic) bond motifs is 1. The third kappa shape index (κ3) is 1.38. The van der Waals surface area contributed by atoms with Crippen LogP contribution in [0.5, 0.6) is 0 Å². The maximum absolute atomic E-state index is 10.7. The number of pyridine rings is 1. The predicted molar refractivity (Wildman–Crippen MR) is 54.9 cm³/mol. The number of carbonyl (C=O) groups is 1. The lowest BCUT2D eigenvalue weighted by Crippen LogP contribution is -1.98. The van der Waals surface area contributed by atoms with Gasteiger partial charge in [0.2, 0.25) is 0 Å². The summed E-state index contributed by atoms with van der Waals surface area (Å²) in [4.78, 5) is 10.7. The molecule has 0 fully saturated rings. The van der Waals surface area contributed by atoms with Crippen molar-refractivity contribution in [3.63, 3.8) is 0 Å². The average Bonchev–Trinajstić information content (AvgIpc) is 2.44. The molecule has 0 aliphatic carbocycles. The van der Waals surface area contributed by atoms with E-state index in [1.54, 1.807) is 18.3 Å². The Morgan fingerprint density at radius 3 is 3.00 bits per heavy atom. The van der Waals surface area contributed by atoms with E-state index in [9.17, 15) is 4.79 Å². The first-order valence-corrected chi connectivity index (χ1v) is 4.83. The summed E-state index contributed by atoms with van der Waals surface area (Å²) in [6.45, 7) is 0. The van der Waals surface area contributed by atoms with Crippen molar-refractivity contribution in [1.82, 2.24) is 9.61 Å². The summed E-state index contributed by atoms with van der Waals surface area (Å²) in [6.07, 6.45) is 1.61. The Balaban J connectivity index is 2.80. The lowest BCUT2D eigenvalue weighted by Gasteiger charge is -1.92. The van der Waals surface area contributed by atoms with E-state index >= 15 is 0 Å². The molecule has 6 heteroatoms. The SMILES string of the molecule is O=C(O)c1nn2ccc(Cl)cc2c1Br. The monoisotopic (exact) mass is 274 g/mol. The number of nitrogens with zero attached hydrogens (tertiary/aromatic N) is 2. The van der Waals surface area contributed by atoms with Gasteiger partial charge in [-0.05, 0) is 28.1 Å². The van der Waals surface area contributed by atoms with Crippen LogP contribution in [0.1, 0.15) is 10.5 Å². The van der Waals surface area contributed by atoms with Crippen LogP contribution < -0.4 is 0 Å².